The van der Waals surface area contributed by atoms with Gasteiger partial charge >= 0.3 is 0 Å². The monoisotopic (exact) mass is 222 g/mol. The van der Waals surface area contributed by atoms with Gasteiger partial charge in [0.25, 0.3) is 0 Å². The van der Waals surface area contributed by atoms with Crippen molar-refractivity contribution >= 4 is 0 Å². The molecule has 2 unspecified atom stereocenters. The van der Waals surface area contributed by atoms with E-state index >= 15 is 0 Å². The summed E-state index contributed by atoms with van der Waals surface area (Å²) >= 11 is 0. The molecule has 88 valence electrons. The standard InChI is InChI=1S/C13H19FN2/c1-15-9-12(10-6-7-16-8-10)11-4-2-3-5-13(11)14/h2-5,10,12,15-16H,6-9H2,1H3. The van der Waals surface area contributed by atoms with E-state index < -0.39 is 0 Å². The number of rotatable bonds is 4. The van der Waals surface area contributed by atoms with Gasteiger partial charge in [0, 0.05) is 12.5 Å². The van der Waals surface area contributed by atoms with Crippen molar-refractivity contribution in [3.8, 4) is 0 Å². The van der Waals surface area contributed by atoms with Gasteiger partial charge in [-0.25, -0.2) is 4.39 Å². The molecular formula is C13H19FN2. The van der Waals surface area contributed by atoms with E-state index in [1.807, 2.05) is 19.2 Å². The van der Waals surface area contributed by atoms with Crippen LogP contribution in [0.25, 0.3) is 0 Å². The Labute approximate surface area is 96.2 Å². The van der Waals surface area contributed by atoms with Crippen LogP contribution in [0, 0.1) is 11.7 Å². The molecule has 1 aromatic carbocycles. The van der Waals surface area contributed by atoms with Crippen LogP contribution in [0.1, 0.15) is 17.9 Å². The molecule has 2 N–H and O–H groups in total. The third-order valence-electron chi connectivity index (χ3n) is 3.40. The Morgan fingerprint density at radius 1 is 1.50 bits per heavy atom. The molecular weight excluding hydrogens is 203 g/mol. The van der Waals surface area contributed by atoms with Crippen LogP contribution in [0.3, 0.4) is 0 Å². The fourth-order valence-electron chi connectivity index (χ4n) is 2.55. The zero-order valence-electron chi connectivity index (χ0n) is 9.67. The second kappa shape index (κ2) is 5.41. The lowest BCUT2D eigenvalue weighted by molar-refractivity contribution is 0.427. The Bertz CT molecular complexity index is 334. The molecule has 1 saturated heterocycles. The first kappa shape index (κ1) is 11.6. The zero-order valence-corrected chi connectivity index (χ0v) is 9.67. The smallest absolute Gasteiger partial charge is 0.126 e. The fourth-order valence-corrected chi connectivity index (χ4v) is 2.55. The van der Waals surface area contributed by atoms with Crippen molar-refractivity contribution in [1.29, 1.82) is 0 Å². The molecule has 3 heteroatoms. The van der Waals surface area contributed by atoms with E-state index in [-0.39, 0.29) is 11.7 Å². The van der Waals surface area contributed by atoms with Crippen LogP contribution in [0.5, 0.6) is 0 Å². The summed E-state index contributed by atoms with van der Waals surface area (Å²) in [5.74, 6) is 0.750. The molecule has 1 aromatic rings. The van der Waals surface area contributed by atoms with Crippen molar-refractivity contribution in [2.45, 2.75) is 12.3 Å². The summed E-state index contributed by atoms with van der Waals surface area (Å²) in [5.41, 5.74) is 0.852. The van der Waals surface area contributed by atoms with Crippen molar-refractivity contribution in [1.82, 2.24) is 10.6 Å². The summed E-state index contributed by atoms with van der Waals surface area (Å²) in [5, 5.41) is 6.53. The minimum atomic E-state index is -0.0744. The van der Waals surface area contributed by atoms with E-state index in [4.69, 9.17) is 0 Å². The second-order valence-corrected chi connectivity index (χ2v) is 4.44. The zero-order chi connectivity index (χ0) is 11.4. The molecule has 0 aliphatic carbocycles. The maximum absolute atomic E-state index is 13.8. The maximum Gasteiger partial charge on any atom is 0.126 e. The first-order valence-electron chi connectivity index (χ1n) is 5.92. The number of hydrogen-bond donors (Lipinski definition) is 2. The Balaban J connectivity index is 2.21. The van der Waals surface area contributed by atoms with Crippen molar-refractivity contribution in [2.24, 2.45) is 5.92 Å². The van der Waals surface area contributed by atoms with Crippen LogP contribution in [0.15, 0.2) is 24.3 Å². The third-order valence-corrected chi connectivity index (χ3v) is 3.40. The predicted octanol–water partition coefficient (Wildman–Crippen LogP) is 1.74. The fraction of sp³-hybridized carbons (Fsp3) is 0.538. The normalized spacial score (nSPS) is 22.2. The van der Waals surface area contributed by atoms with Crippen LogP contribution >= 0.6 is 0 Å². The van der Waals surface area contributed by atoms with E-state index in [1.54, 1.807) is 12.1 Å². The summed E-state index contributed by atoms with van der Waals surface area (Å²) in [6.45, 7) is 2.90. The summed E-state index contributed by atoms with van der Waals surface area (Å²) in [6.07, 6.45) is 1.14. The first-order valence-corrected chi connectivity index (χ1v) is 5.92. The van der Waals surface area contributed by atoms with E-state index in [0.29, 0.717) is 5.92 Å². The molecule has 0 spiro atoms. The van der Waals surface area contributed by atoms with Gasteiger partial charge in [-0.1, -0.05) is 18.2 Å². The highest BCUT2D eigenvalue weighted by molar-refractivity contribution is 5.23. The molecule has 1 aliphatic rings. The van der Waals surface area contributed by atoms with Crippen LogP contribution < -0.4 is 10.6 Å². The summed E-state index contributed by atoms with van der Waals surface area (Å²) in [7, 11) is 1.93. The highest BCUT2D eigenvalue weighted by Crippen LogP contribution is 2.30. The minimum absolute atomic E-state index is 0.0744. The van der Waals surface area contributed by atoms with Gasteiger partial charge < -0.3 is 10.6 Å². The van der Waals surface area contributed by atoms with Gasteiger partial charge in [-0.2, -0.15) is 0 Å². The summed E-state index contributed by atoms with van der Waals surface area (Å²) in [4.78, 5) is 0. The molecule has 0 radical (unpaired) electrons. The predicted molar refractivity (Wildman–Crippen MR) is 64.0 cm³/mol. The molecule has 1 aliphatic heterocycles. The molecule has 0 bridgehead atoms. The lowest BCUT2D eigenvalue weighted by Crippen LogP contribution is -2.26. The number of halogens is 1. The van der Waals surface area contributed by atoms with E-state index in [9.17, 15) is 4.39 Å². The molecule has 2 nitrogen and oxygen atoms in total. The number of nitrogens with one attached hydrogen (secondary N) is 2. The van der Waals surface area contributed by atoms with Crippen LogP contribution in [0.2, 0.25) is 0 Å². The molecule has 0 amide bonds. The summed E-state index contributed by atoms with van der Waals surface area (Å²) in [6, 6.07) is 7.14. The van der Waals surface area contributed by atoms with E-state index in [0.717, 1.165) is 31.6 Å². The van der Waals surface area contributed by atoms with Crippen molar-refractivity contribution in [3.63, 3.8) is 0 Å². The summed E-state index contributed by atoms with van der Waals surface area (Å²) < 4.78 is 13.8. The van der Waals surface area contributed by atoms with Crippen molar-refractivity contribution in [2.75, 3.05) is 26.7 Å². The van der Waals surface area contributed by atoms with Gasteiger partial charge in [-0.05, 0) is 44.1 Å². The molecule has 16 heavy (non-hydrogen) atoms. The molecule has 2 rings (SSSR count). The average Bonchev–Trinajstić information content (AvgIpc) is 2.80. The van der Waals surface area contributed by atoms with Crippen molar-refractivity contribution < 1.29 is 4.39 Å². The number of hydrogen-bond acceptors (Lipinski definition) is 2. The van der Waals surface area contributed by atoms with Gasteiger partial charge in [0.05, 0.1) is 0 Å². The Morgan fingerprint density at radius 2 is 2.31 bits per heavy atom. The quantitative estimate of drug-likeness (QED) is 0.811. The Morgan fingerprint density at radius 3 is 2.94 bits per heavy atom. The topological polar surface area (TPSA) is 24.1 Å². The SMILES string of the molecule is CNCC(c1ccccc1F)C1CCNC1. The first-order chi connectivity index (χ1) is 7.83. The van der Waals surface area contributed by atoms with Gasteiger partial charge in [-0.3, -0.25) is 0 Å². The number of benzene rings is 1. The van der Waals surface area contributed by atoms with E-state index in [2.05, 4.69) is 10.6 Å². The lowest BCUT2D eigenvalue weighted by atomic mass is 9.85. The van der Waals surface area contributed by atoms with Gasteiger partial charge in [0.1, 0.15) is 5.82 Å². The molecule has 0 saturated carbocycles. The van der Waals surface area contributed by atoms with Gasteiger partial charge in [0.2, 0.25) is 0 Å². The molecule has 1 heterocycles. The maximum atomic E-state index is 13.8. The molecule has 2 atom stereocenters. The Hall–Kier alpha value is -0.930. The van der Waals surface area contributed by atoms with Gasteiger partial charge in [-0.15, -0.1) is 0 Å². The molecule has 0 aromatic heterocycles. The lowest BCUT2D eigenvalue weighted by Gasteiger charge is -2.23. The Kier molecular flexibility index (Phi) is 3.91. The highest BCUT2D eigenvalue weighted by atomic mass is 19.1. The third kappa shape index (κ3) is 2.42. The van der Waals surface area contributed by atoms with Crippen LogP contribution in [-0.2, 0) is 0 Å². The minimum Gasteiger partial charge on any atom is -0.319 e. The van der Waals surface area contributed by atoms with Crippen LogP contribution in [-0.4, -0.2) is 26.7 Å². The average molecular weight is 222 g/mol. The van der Waals surface area contributed by atoms with E-state index in [1.165, 1.54) is 0 Å². The number of likely N-dealkylation sites (N-methyl/N-ethyl adjacent to an activating group) is 1. The van der Waals surface area contributed by atoms with Crippen LogP contribution in [0.4, 0.5) is 4.39 Å². The highest BCUT2D eigenvalue weighted by Gasteiger charge is 2.27. The van der Waals surface area contributed by atoms with Crippen molar-refractivity contribution in [3.05, 3.63) is 35.6 Å². The van der Waals surface area contributed by atoms with Gasteiger partial charge in [0.15, 0.2) is 0 Å². The molecule has 1 fully saturated rings. The second-order valence-electron chi connectivity index (χ2n) is 4.44. The largest absolute Gasteiger partial charge is 0.319 e.